The van der Waals surface area contributed by atoms with Crippen LogP contribution in [-0.4, -0.2) is 48.1 Å². The van der Waals surface area contributed by atoms with Crippen LogP contribution in [0, 0.1) is 0 Å². The van der Waals surface area contributed by atoms with Crippen molar-refractivity contribution in [1.82, 2.24) is 0 Å². The van der Waals surface area contributed by atoms with Crippen molar-refractivity contribution in [2.75, 3.05) is 6.61 Å². The zero-order valence-electron chi connectivity index (χ0n) is 20.6. The van der Waals surface area contributed by atoms with Crippen molar-refractivity contribution in [2.45, 2.75) is 24.4 Å². The largest absolute Gasteiger partial charge is 0.459 e. The van der Waals surface area contributed by atoms with Crippen LogP contribution in [0.25, 0.3) is 22.3 Å². The number of alkyl halides is 2. The number of ether oxygens (including phenoxy) is 3. The molecule has 1 aliphatic heterocycles. The first-order valence-electron chi connectivity index (χ1n) is 12.2. The van der Waals surface area contributed by atoms with Gasteiger partial charge >= 0.3 is 17.9 Å². The molecule has 6 nitrogen and oxygen atoms in total. The number of carbonyl (C=O) groups is 2. The third-order valence-corrected chi connectivity index (χ3v) is 6.42. The summed E-state index contributed by atoms with van der Waals surface area (Å²) in [7, 11) is 0. The fourth-order valence-corrected chi connectivity index (χ4v) is 4.28. The van der Waals surface area contributed by atoms with Crippen LogP contribution in [0.2, 0.25) is 0 Å². The molecule has 0 amide bonds. The number of aliphatic hydroxyl groups is 1. The van der Waals surface area contributed by atoms with Gasteiger partial charge in [-0.2, -0.15) is 8.78 Å². The average Bonchev–Trinajstić information content (AvgIpc) is 3.19. The number of rotatable bonds is 7. The Bertz CT molecular complexity index is 1420. The van der Waals surface area contributed by atoms with E-state index in [2.05, 4.69) is 0 Å². The lowest BCUT2D eigenvalue weighted by atomic mass is 10.0. The molecule has 1 N–H and O–H groups in total. The van der Waals surface area contributed by atoms with E-state index >= 15 is 0 Å². The van der Waals surface area contributed by atoms with Gasteiger partial charge in [0.1, 0.15) is 12.7 Å². The highest BCUT2D eigenvalue weighted by atomic mass is 19.3. The van der Waals surface area contributed by atoms with Crippen LogP contribution in [0.4, 0.5) is 8.78 Å². The summed E-state index contributed by atoms with van der Waals surface area (Å²) >= 11 is 0. The van der Waals surface area contributed by atoms with Gasteiger partial charge in [0.15, 0.2) is 6.10 Å². The summed E-state index contributed by atoms with van der Waals surface area (Å²) in [5.41, 5.74) is 3.85. The third-order valence-electron chi connectivity index (χ3n) is 6.42. The maximum absolute atomic E-state index is 14.7. The summed E-state index contributed by atoms with van der Waals surface area (Å²) in [5, 5.41) is 9.76. The van der Waals surface area contributed by atoms with Crippen LogP contribution >= 0.6 is 0 Å². The van der Waals surface area contributed by atoms with Gasteiger partial charge in [0.25, 0.3) is 0 Å². The molecule has 1 unspecified atom stereocenters. The SMILES string of the molecule is O=C(OC[C@H]1OC(O)C(F)(F)[C@@H]1OC(=O)c1ccc(-c2ccccc2)cc1)c1ccc(-c2ccccc2)cc1. The maximum atomic E-state index is 14.7. The number of carbonyl (C=O) groups excluding carboxylic acids is 2. The van der Waals surface area contributed by atoms with Crippen LogP contribution in [0.5, 0.6) is 0 Å². The first-order chi connectivity index (χ1) is 18.8. The monoisotopic (exact) mass is 530 g/mol. The van der Waals surface area contributed by atoms with E-state index in [0.717, 1.165) is 22.3 Å². The Morgan fingerprint density at radius 1 is 0.692 bits per heavy atom. The first kappa shape index (κ1) is 26.2. The molecule has 5 rings (SSSR count). The van der Waals surface area contributed by atoms with Crippen molar-refractivity contribution >= 4 is 11.9 Å². The number of hydrogen-bond donors (Lipinski definition) is 1. The van der Waals surface area contributed by atoms with Crippen LogP contribution in [-0.2, 0) is 14.2 Å². The van der Waals surface area contributed by atoms with Gasteiger partial charge in [-0.3, -0.25) is 0 Å². The minimum atomic E-state index is -3.91. The Kier molecular flexibility index (Phi) is 7.49. The zero-order chi connectivity index (χ0) is 27.4. The van der Waals surface area contributed by atoms with E-state index in [9.17, 15) is 23.5 Å². The van der Waals surface area contributed by atoms with Crippen molar-refractivity contribution in [1.29, 1.82) is 0 Å². The summed E-state index contributed by atoms with van der Waals surface area (Å²) in [6, 6.07) is 31.8. The Morgan fingerprint density at radius 3 is 1.62 bits per heavy atom. The van der Waals surface area contributed by atoms with Gasteiger partial charge in [0, 0.05) is 0 Å². The smallest absolute Gasteiger partial charge is 0.338 e. The van der Waals surface area contributed by atoms with Gasteiger partial charge in [-0.15, -0.1) is 0 Å². The molecular formula is C31H24F2O6. The lowest BCUT2D eigenvalue weighted by Crippen LogP contribution is -2.44. The lowest BCUT2D eigenvalue weighted by molar-refractivity contribution is -0.199. The minimum absolute atomic E-state index is 0.0427. The quantitative estimate of drug-likeness (QED) is 0.306. The predicted molar refractivity (Wildman–Crippen MR) is 139 cm³/mol. The van der Waals surface area contributed by atoms with E-state index in [0.29, 0.717) is 0 Å². The first-order valence-corrected chi connectivity index (χ1v) is 12.2. The minimum Gasteiger partial charge on any atom is -0.459 e. The van der Waals surface area contributed by atoms with Crippen LogP contribution in [0.15, 0.2) is 109 Å². The molecule has 1 heterocycles. The topological polar surface area (TPSA) is 82.1 Å². The number of halogens is 2. The number of esters is 2. The molecule has 8 heteroatoms. The second kappa shape index (κ2) is 11.1. The molecule has 0 saturated carbocycles. The number of benzene rings is 4. The lowest BCUT2D eigenvalue weighted by Gasteiger charge is -2.22. The molecule has 3 atom stereocenters. The van der Waals surface area contributed by atoms with Crippen LogP contribution < -0.4 is 0 Å². The fraction of sp³-hybridized carbons (Fsp3) is 0.161. The second-order valence-corrected chi connectivity index (χ2v) is 9.01. The molecule has 0 radical (unpaired) electrons. The molecule has 0 aliphatic carbocycles. The van der Waals surface area contributed by atoms with E-state index in [1.165, 1.54) is 12.1 Å². The molecular weight excluding hydrogens is 506 g/mol. The molecule has 4 aromatic rings. The summed E-state index contributed by atoms with van der Waals surface area (Å²) in [4.78, 5) is 25.3. The summed E-state index contributed by atoms with van der Waals surface area (Å²) < 4.78 is 44.5. The van der Waals surface area contributed by atoms with Crippen molar-refractivity contribution in [2.24, 2.45) is 0 Å². The highest BCUT2D eigenvalue weighted by Crippen LogP contribution is 2.38. The summed E-state index contributed by atoms with van der Waals surface area (Å²) in [5.74, 6) is -5.71. The average molecular weight is 531 g/mol. The molecule has 1 fully saturated rings. The van der Waals surface area contributed by atoms with Crippen LogP contribution in [0.1, 0.15) is 20.7 Å². The second-order valence-electron chi connectivity index (χ2n) is 9.01. The van der Waals surface area contributed by atoms with E-state index < -0.39 is 43.0 Å². The summed E-state index contributed by atoms with van der Waals surface area (Å²) in [6.45, 7) is -0.656. The highest BCUT2D eigenvalue weighted by molar-refractivity contribution is 5.91. The van der Waals surface area contributed by atoms with Crippen LogP contribution in [0.3, 0.4) is 0 Å². The third kappa shape index (κ3) is 5.72. The van der Waals surface area contributed by atoms with Gasteiger partial charge in [0.2, 0.25) is 6.29 Å². The van der Waals surface area contributed by atoms with E-state index in [1.807, 2.05) is 60.7 Å². The van der Waals surface area contributed by atoms with Gasteiger partial charge < -0.3 is 19.3 Å². The van der Waals surface area contributed by atoms with E-state index in [1.54, 1.807) is 36.4 Å². The van der Waals surface area contributed by atoms with Gasteiger partial charge in [-0.05, 0) is 46.5 Å². The van der Waals surface area contributed by atoms with Crippen molar-refractivity contribution < 1.29 is 37.7 Å². The normalized spacial score (nSPS) is 19.8. The van der Waals surface area contributed by atoms with Gasteiger partial charge in [-0.25, -0.2) is 9.59 Å². The fourth-order valence-electron chi connectivity index (χ4n) is 4.28. The Hall–Kier alpha value is -4.40. The standard InChI is InChI=1S/C31H24F2O6/c32-31(33)27(39-29(35)25-17-13-23(14-18-25)21-9-5-2-6-10-21)26(38-30(31)36)19-37-28(34)24-15-11-22(12-16-24)20-7-3-1-4-8-20/h1-18,26-27,30,36H,19H2/t26-,27-,30?/m1/s1. The molecule has 0 bridgehead atoms. The number of hydrogen-bond acceptors (Lipinski definition) is 6. The molecule has 1 aliphatic rings. The highest BCUT2D eigenvalue weighted by Gasteiger charge is 2.61. The van der Waals surface area contributed by atoms with Crippen molar-refractivity contribution in [3.05, 3.63) is 120 Å². The van der Waals surface area contributed by atoms with Crippen molar-refractivity contribution in [3.63, 3.8) is 0 Å². The molecule has 4 aromatic carbocycles. The molecule has 198 valence electrons. The maximum Gasteiger partial charge on any atom is 0.338 e. The van der Waals surface area contributed by atoms with E-state index in [4.69, 9.17) is 14.2 Å². The molecule has 39 heavy (non-hydrogen) atoms. The van der Waals surface area contributed by atoms with Gasteiger partial charge in [0.05, 0.1) is 11.1 Å². The molecule has 0 aromatic heterocycles. The van der Waals surface area contributed by atoms with Crippen molar-refractivity contribution in [3.8, 4) is 22.3 Å². The Morgan fingerprint density at radius 2 is 1.13 bits per heavy atom. The van der Waals surface area contributed by atoms with E-state index in [-0.39, 0.29) is 11.1 Å². The summed E-state index contributed by atoms with van der Waals surface area (Å²) in [6.07, 6.45) is -6.26. The Balaban J connectivity index is 1.23. The predicted octanol–water partition coefficient (Wildman–Crippen LogP) is 5.76. The zero-order valence-corrected chi connectivity index (χ0v) is 20.6. The number of aliphatic hydroxyl groups excluding tert-OH is 1. The molecule has 0 spiro atoms. The Labute approximate surface area is 223 Å². The van der Waals surface area contributed by atoms with Gasteiger partial charge in [-0.1, -0.05) is 84.9 Å². The molecule has 1 saturated heterocycles.